The highest BCUT2D eigenvalue weighted by Gasteiger charge is 2.40. The Morgan fingerprint density at radius 2 is 1.70 bits per heavy atom. The van der Waals surface area contributed by atoms with Crippen LogP contribution in [0.5, 0.6) is 0 Å². The number of hydrogen-bond donors (Lipinski definition) is 2. The molecule has 10 heteroatoms. The summed E-state index contributed by atoms with van der Waals surface area (Å²) in [4.78, 5) is 17.6. The molecule has 1 amide bonds. The number of nitrogens with zero attached hydrogens (tertiary/aromatic N) is 2. The van der Waals surface area contributed by atoms with E-state index in [1.807, 2.05) is 30.3 Å². The Labute approximate surface area is 231 Å². The number of amides is 1. The maximum absolute atomic E-state index is 14.4. The molecule has 4 rings (SSSR count). The first-order valence-electron chi connectivity index (χ1n) is 13.6. The molecule has 2 heterocycles. The van der Waals surface area contributed by atoms with Gasteiger partial charge in [0.2, 0.25) is 0 Å². The number of benzene rings is 2. The van der Waals surface area contributed by atoms with E-state index in [4.69, 9.17) is 5.73 Å². The maximum Gasteiger partial charge on any atom is 0.416 e. The van der Waals surface area contributed by atoms with Crippen molar-refractivity contribution in [1.82, 2.24) is 9.80 Å². The van der Waals surface area contributed by atoms with Gasteiger partial charge in [-0.1, -0.05) is 36.9 Å². The number of piperidine rings is 2. The SMILES string of the molecule is C=CC(F)(F)c1cc(C(=O)N2CCC(N3CCC(O)(CCN)CC3)CC2Cc2ccccc2)cc(C(F)(F)F)c1. The van der Waals surface area contributed by atoms with Crippen LogP contribution in [0.4, 0.5) is 22.0 Å². The Bertz CT molecular complexity index is 1180. The van der Waals surface area contributed by atoms with E-state index < -0.39 is 40.3 Å². The first-order valence-corrected chi connectivity index (χ1v) is 13.6. The van der Waals surface area contributed by atoms with Crippen LogP contribution in [0.2, 0.25) is 0 Å². The molecular weight excluding hydrogens is 529 g/mol. The lowest BCUT2D eigenvalue weighted by atomic mass is 9.85. The number of carbonyl (C=O) groups is 1. The van der Waals surface area contributed by atoms with Gasteiger partial charge in [-0.15, -0.1) is 0 Å². The van der Waals surface area contributed by atoms with Crippen molar-refractivity contribution < 1.29 is 31.9 Å². The summed E-state index contributed by atoms with van der Waals surface area (Å²) < 4.78 is 69.8. The lowest BCUT2D eigenvalue weighted by Crippen LogP contribution is -2.55. The fourth-order valence-electron chi connectivity index (χ4n) is 5.92. The van der Waals surface area contributed by atoms with E-state index in [9.17, 15) is 31.9 Å². The van der Waals surface area contributed by atoms with E-state index in [1.165, 1.54) is 4.90 Å². The molecule has 2 unspecified atom stereocenters. The van der Waals surface area contributed by atoms with Crippen LogP contribution in [-0.2, 0) is 18.5 Å². The number of aliphatic hydroxyl groups is 1. The summed E-state index contributed by atoms with van der Waals surface area (Å²) in [5.41, 5.74) is 3.20. The van der Waals surface area contributed by atoms with Crippen molar-refractivity contribution in [3.05, 3.63) is 83.4 Å². The van der Waals surface area contributed by atoms with Crippen LogP contribution in [0.1, 0.15) is 59.2 Å². The number of nitrogens with two attached hydrogens (primary N) is 1. The number of carbonyl (C=O) groups excluding carboxylic acids is 1. The van der Waals surface area contributed by atoms with Gasteiger partial charge in [-0.2, -0.15) is 22.0 Å². The molecule has 0 aliphatic carbocycles. The van der Waals surface area contributed by atoms with Gasteiger partial charge in [-0.05, 0) is 74.9 Å². The molecule has 2 fully saturated rings. The molecule has 2 aromatic carbocycles. The molecule has 0 radical (unpaired) electrons. The third kappa shape index (κ3) is 6.90. The van der Waals surface area contributed by atoms with Crippen molar-refractivity contribution in [1.29, 1.82) is 0 Å². The van der Waals surface area contributed by atoms with Crippen LogP contribution in [0.15, 0.2) is 61.2 Å². The summed E-state index contributed by atoms with van der Waals surface area (Å²) >= 11 is 0. The van der Waals surface area contributed by atoms with Gasteiger partial charge in [0.1, 0.15) is 0 Å². The second-order valence-electron chi connectivity index (χ2n) is 10.9. The van der Waals surface area contributed by atoms with Gasteiger partial charge in [0.25, 0.3) is 11.8 Å². The highest BCUT2D eigenvalue weighted by molar-refractivity contribution is 5.95. The molecule has 2 aliphatic heterocycles. The Balaban J connectivity index is 1.61. The van der Waals surface area contributed by atoms with Crippen LogP contribution in [-0.4, -0.2) is 64.7 Å². The molecular formula is C30H36F5N3O2. The fraction of sp³-hybridized carbons (Fsp3) is 0.500. The summed E-state index contributed by atoms with van der Waals surface area (Å²) in [6.07, 6.45) is -1.27. The number of alkyl halides is 5. The molecule has 3 N–H and O–H groups in total. The normalized spacial score (nSPS) is 22.2. The van der Waals surface area contributed by atoms with E-state index >= 15 is 0 Å². The zero-order valence-corrected chi connectivity index (χ0v) is 22.3. The first kappa shape index (κ1) is 30.1. The molecule has 0 saturated carbocycles. The highest BCUT2D eigenvalue weighted by atomic mass is 19.4. The lowest BCUT2D eigenvalue weighted by Gasteiger charge is -2.47. The molecule has 2 aromatic rings. The number of hydrogen-bond acceptors (Lipinski definition) is 4. The number of halogens is 5. The van der Waals surface area contributed by atoms with Crippen LogP contribution in [0, 0.1) is 0 Å². The zero-order chi connectivity index (χ0) is 29.1. The van der Waals surface area contributed by atoms with E-state index in [0.717, 1.165) is 11.6 Å². The molecule has 0 bridgehead atoms. The topological polar surface area (TPSA) is 69.8 Å². The maximum atomic E-state index is 14.4. The van der Waals surface area contributed by atoms with Crippen molar-refractivity contribution >= 4 is 5.91 Å². The monoisotopic (exact) mass is 565 g/mol. The number of rotatable bonds is 8. The van der Waals surface area contributed by atoms with Crippen molar-refractivity contribution in [2.75, 3.05) is 26.2 Å². The molecule has 40 heavy (non-hydrogen) atoms. The molecule has 218 valence electrons. The number of allylic oxidation sites excluding steroid dienone is 1. The summed E-state index contributed by atoms with van der Waals surface area (Å²) in [5, 5.41) is 10.8. The zero-order valence-electron chi connectivity index (χ0n) is 22.3. The smallest absolute Gasteiger partial charge is 0.390 e. The lowest BCUT2D eigenvalue weighted by molar-refractivity contribution is -0.137. The summed E-state index contributed by atoms with van der Waals surface area (Å²) in [6.45, 7) is 5.09. The van der Waals surface area contributed by atoms with Gasteiger partial charge >= 0.3 is 6.18 Å². The standard InChI is InChI=1S/C30H36F5N3O2/c1-2-29(31,32)23-17-22(18-24(19-23)30(33,34)35)27(39)38-13-8-25(20-26(38)16-21-6-4-3-5-7-21)37-14-10-28(40,9-12-36)11-15-37/h2-7,17-19,25-26,40H,1,8-16,20,36H2. The third-order valence-electron chi connectivity index (χ3n) is 8.27. The first-order chi connectivity index (χ1) is 18.8. The molecule has 2 aliphatic rings. The van der Waals surface area contributed by atoms with Crippen molar-refractivity contribution in [2.45, 2.75) is 68.3 Å². The minimum absolute atomic E-state index is 0.113. The largest absolute Gasteiger partial charge is 0.416 e. The van der Waals surface area contributed by atoms with Crippen molar-refractivity contribution in [3.8, 4) is 0 Å². The summed E-state index contributed by atoms with van der Waals surface area (Å²) in [7, 11) is 0. The fourth-order valence-corrected chi connectivity index (χ4v) is 5.92. The van der Waals surface area contributed by atoms with Crippen LogP contribution >= 0.6 is 0 Å². The minimum Gasteiger partial charge on any atom is -0.390 e. The van der Waals surface area contributed by atoms with E-state index in [0.29, 0.717) is 70.3 Å². The Kier molecular flexibility index (Phi) is 9.02. The van der Waals surface area contributed by atoms with Crippen LogP contribution in [0.3, 0.4) is 0 Å². The summed E-state index contributed by atoms with van der Waals surface area (Å²) in [5.74, 6) is -4.44. The van der Waals surface area contributed by atoms with Crippen molar-refractivity contribution in [2.24, 2.45) is 5.73 Å². The molecule has 2 atom stereocenters. The average Bonchev–Trinajstić information content (AvgIpc) is 2.93. The Morgan fingerprint density at radius 1 is 1.05 bits per heavy atom. The van der Waals surface area contributed by atoms with Gasteiger partial charge in [-0.3, -0.25) is 4.79 Å². The quantitative estimate of drug-likeness (QED) is 0.334. The predicted octanol–water partition coefficient (Wildman–Crippen LogP) is 5.37. The van der Waals surface area contributed by atoms with Gasteiger partial charge in [0.15, 0.2) is 0 Å². The van der Waals surface area contributed by atoms with Gasteiger partial charge in [0.05, 0.1) is 11.2 Å². The highest BCUT2D eigenvalue weighted by Crippen LogP contribution is 2.37. The van der Waals surface area contributed by atoms with E-state index in [1.54, 1.807) is 0 Å². The van der Waals surface area contributed by atoms with E-state index in [-0.39, 0.29) is 24.7 Å². The average molecular weight is 566 g/mol. The van der Waals surface area contributed by atoms with Crippen LogP contribution < -0.4 is 5.73 Å². The minimum atomic E-state index is -4.90. The van der Waals surface area contributed by atoms with Crippen LogP contribution in [0.25, 0.3) is 0 Å². The van der Waals surface area contributed by atoms with Crippen molar-refractivity contribution in [3.63, 3.8) is 0 Å². The second kappa shape index (κ2) is 12.0. The molecule has 0 aromatic heterocycles. The molecule has 0 spiro atoms. The molecule has 2 saturated heterocycles. The Morgan fingerprint density at radius 3 is 2.30 bits per heavy atom. The predicted molar refractivity (Wildman–Crippen MR) is 143 cm³/mol. The van der Waals surface area contributed by atoms with Gasteiger partial charge in [0, 0.05) is 42.8 Å². The Hall–Kier alpha value is -2.82. The molecule has 5 nitrogen and oxygen atoms in total. The van der Waals surface area contributed by atoms with Gasteiger partial charge < -0.3 is 20.6 Å². The second-order valence-corrected chi connectivity index (χ2v) is 10.9. The number of likely N-dealkylation sites (tertiary alicyclic amines) is 2. The van der Waals surface area contributed by atoms with E-state index in [2.05, 4.69) is 11.5 Å². The summed E-state index contributed by atoms with van der Waals surface area (Å²) in [6, 6.07) is 11.1. The third-order valence-corrected chi connectivity index (χ3v) is 8.27. The van der Waals surface area contributed by atoms with Gasteiger partial charge in [-0.25, -0.2) is 0 Å².